The molecule has 2 nitrogen and oxygen atoms in total. The van der Waals surface area contributed by atoms with E-state index in [1.165, 1.54) is 5.56 Å². The van der Waals surface area contributed by atoms with Gasteiger partial charge in [-0.05, 0) is 49.4 Å². The molecule has 1 rings (SSSR count). The molecular weight excluding hydrogens is 326 g/mol. The maximum Gasteiger partial charge on any atom is 0.124 e. The van der Waals surface area contributed by atoms with E-state index in [1.54, 1.807) is 0 Å². The molecule has 0 bridgehead atoms. The summed E-state index contributed by atoms with van der Waals surface area (Å²) in [6, 6.07) is 6.62. The molecule has 0 fully saturated rings. The number of hydrogen-bond acceptors (Lipinski definition) is 2. The van der Waals surface area contributed by atoms with Gasteiger partial charge in [0.2, 0.25) is 0 Å². The Balaban J connectivity index is 3.06. The predicted molar refractivity (Wildman–Crippen MR) is 95.0 cm³/mol. The number of hydrogen-bond donors (Lipinski definition) is 1. The Labute approximate surface area is 138 Å². The van der Waals surface area contributed by atoms with Crippen LogP contribution in [0.25, 0.3) is 0 Å². The van der Waals surface area contributed by atoms with Gasteiger partial charge in [-0.25, -0.2) is 0 Å². The molecule has 0 aliphatic rings. The van der Waals surface area contributed by atoms with Crippen molar-refractivity contribution in [2.75, 3.05) is 13.2 Å². The quantitative estimate of drug-likeness (QED) is 0.689. The van der Waals surface area contributed by atoms with Crippen molar-refractivity contribution in [3.8, 4) is 5.75 Å². The Morgan fingerprint density at radius 2 is 1.90 bits per heavy atom. The minimum Gasteiger partial charge on any atom is -0.494 e. The Bertz CT molecular complexity index is 439. The van der Waals surface area contributed by atoms with Gasteiger partial charge >= 0.3 is 0 Å². The van der Waals surface area contributed by atoms with Crippen molar-refractivity contribution in [2.24, 2.45) is 11.3 Å². The summed E-state index contributed by atoms with van der Waals surface area (Å²) in [5.41, 5.74) is 1.56. The molecule has 0 heterocycles. The Hall–Kier alpha value is -0.540. The third kappa shape index (κ3) is 5.63. The summed E-state index contributed by atoms with van der Waals surface area (Å²) in [5.74, 6) is 1.61. The van der Waals surface area contributed by atoms with Gasteiger partial charge in [-0.1, -0.05) is 50.5 Å². The summed E-state index contributed by atoms with van der Waals surface area (Å²) in [6.07, 6.45) is 1.11. The van der Waals surface area contributed by atoms with Crippen LogP contribution in [0.5, 0.6) is 5.75 Å². The summed E-state index contributed by atoms with van der Waals surface area (Å²) in [7, 11) is 0. The molecule has 0 aromatic heterocycles. The van der Waals surface area contributed by atoms with E-state index in [9.17, 15) is 0 Å². The first kappa shape index (κ1) is 18.5. The second-order valence-corrected chi connectivity index (χ2v) is 7.64. The van der Waals surface area contributed by atoms with Crippen LogP contribution >= 0.6 is 15.9 Å². The second-order valence-electron chi connectivity index (χ2n) is 6.73. The molecule has 120 valence electrons. The molecule has 0 saturated heterocycles. The molecule has 1 N–H and O–H groups in total. The van der Waals surface area contributed by atoms with E-state index in [1.807, 2.05) is 13.0 Å². The van der Waals surface area contributed by atoms with Crippen LogP contribution in [0.3, 0.4) is 0 Å². The predicted octanol–water partition coefficient (Wildman–Crippen LogP) is 5.57. The molecule has 2 atom stereocenters. The summed E-state index contributed by atoms with van der Waals surface area (Å²) >= 11 is 3.59. The minimum atomic E-state index is 0.311. The summed E-state index contributed by atoms with van der Waals surface area (Å²) in [5, 5.41) is 3.63. The fourth-order valence-electron chi connectivity index (χ4n) is 2.35. The second kappa shape index (κ2) is 8.19. The van der Waals surface area contributed by atoms with Crippen molar-refractivity contribution in [3.05, 3.63) is 28.2 Å². The number of ether oxygens (including phenoxy) is 1. The van der Waals surface area contributed by atoms with E-state index in [4.69, 9.17) is 4.74 Å². The topological polar surface area (TPSA) is 21.3 Å². The van der Waals surface area contributed by atoms with Gasteiger partial charge in [0.25, 0.3) is 0 Å². The SMILES string of the molecule is CCNC(CC(C)C(C)(C)C)c1cc(Br)ccc1OCC. The van der Waals surface area contributed by atoms with E-state index < -0.39 is 0 Å². The van der Waals surface area contributed by atoms with Crippen LogP contribution in [0.1, 0.15) is 59.6 Å². The van der Waals surface area contributed by atoms with Crippen molar-refractivity contribution < 1.29 is 4.74 Å². The highest BCUT2D eigenvalue weighted by Gasteiger charge is 2.25. The first-order valence-electron chi connectivity index (χ1n) is 7.95. The zero-order valence-corrected chi connectivity index (χ0v) is 15.9. The van der Waals surface area contributed by atoms with Crippen LogP contribution in [0.2, 0.25) is 0 Å². The molecule has 2 unspecified atom stereocenters. The highest BCUT2D eigenvalue weighted by molar-refractivity contribution is 9.10. The zero-order valence-electron chi connectivity index (χ0n) is 14.3. The monoisotopic (exact) mass is 355 g/mol. The lowest BCUT2D eigenvalue weighted by molar-refractivity contribution is 0.221. The molecule has 0 radical (unpaired) electrons. The van der Waals surface area contributed by atoms with Gasteiger partial charge in [-0.2, -0.15) is 0 Å². The van der Waals surface area contributed by atoms with Crippen LogP contribution in [-0.4, -0.2) is 13.2 Å². The van der Waals surface area contributed by atoms with Gasteiger partial charge in [0.1, 0.15) is 5.75 Å². The highest BCUT2D eigenvalue weighted by atomic mass is 79.9. The largest absolute Gasteiger partial charge is 0.494 e. The van der Waals surface area contributed by atoms with E-state index in [0.29, 0.717) is 24.0 Å². The molecule has 21 heavy (non-hydrogen) atoms. The maximum absolute atomic E-state index is 5.83. The van der Waals surface area contributed by atoms with Gasteiger partial charge in [0.05, 0.1) is 6.61 Å². The molecule has 1 aromatic rings. The summed E-state index contributed by atoms with van der Waals surface area (Å²) in [6.45, 7) is 15.1. The third-order valence-corrected chi connectivity index (χ3v) is 4.66. The lowest BCUT2D eigenvalue weighted by Crippen LogP contribution is -2.28. The van der Waals surface area contributed by atoms with E-state index in [0.717, 1.165) is 23.2 Å². The van der Waals surface area contributed by atoms with Crippen molar-refractivity contribution >= 4 is 15.9 Å². The molecule has 1 aromatic carbocycles. The lowest BCUT2D eigenvalue weighted by atomic mass is 9.77. The van der Waals surface area contributed by atoms with Crippen LogP contribution in [0.15, 0.2) is 22.7 Å². The van der Waals surface area contributed by atoms with Gasteiger partial charge in [0, 0.05) is 16.1 Å². The van der Waals surface area contributed by atoms with Crippen LogP contribution in [0.4, 0.5) is 0 Å². The molecule has 0 aliphatic carbocycles. The van der Waals surface area contributed by atoms with Crippen molar-refractivity contribution in [2.45, 2.75) is 54.0 Å². The lowest BCUT2D eigenvalue weighted by Gasteiger charge is -2.32. The number of rotatable bonds is 7. The molecular formula is C18H30BrNO. The minimum absolute atomic E-state index is 0.311. The Kier molecular flexibility index (Phi) is 7.22. The van der Waals surface area contributed by atoms with Crippen LogP contribution in [0, 0.1) is 11.3 Å². The average Bonchev–Trinajstić information content (AvgIpc) is 2.39. The fraction of sp³-hybridized carbons (Fsp3) is 0.667. The van der Waals surface area contributed by atoms with Gasteiger partial charge in [-0.3, -0.25) is 0 Å². The maximum atomic E-state index is 5.83. The number of halogens is 1. The number of benzene rings is 1. The first-order chi connectivity index (χ1) is 9.79. The van der Waals surface area contributed by atoms with Gasteiger partial charge in [0.15, 0.2) is 0 Å². The number of nitrogens with one attached hydrogen (secondary N) is 1. The highest BCUT2D eigenvalue weighted by Crippen LogP contribution is 2.37. The Morgan fingerprint density at radius 1 is 1.24 bits per heavy atom. The zero-order chi connectivity index (χ0) is 16.0. The van der Waals surface area contributed by atoms with E-state index >= 15 is 0 Å². The first-order valence-corrected chi connectivity index (χ1v) is 8.74. The van der Waals surface area contributed by atoms with E-state index in [2.05, 4.69) is 68.0 Å². The standard InChI is InChI=1S/C18H30BrNO/c1-7-20-16(11-13(3)18(4,5)6)15-12-14(19)9-10-17(15)21-8-2/h9-10,12-13,16,20H,7-8,11H2,1-6H3. The van der Waals surface area contributed by atoms with Crippen molar-refractivity contribution in [1.29, 1.82) is 0 Å². The van der Waals surface area contributed by atoms with E-state index in [-0.39, 0.29) is 0 Å². The molecule has 3 heteroatoms. The van der Waals surface area contributed by atoms with Gasteiger partial charge in [-0.15, -0.1) is 0 Å². The molecule has 0 spiro atoms. The summed E-state index contributed by atoms with van der Waals surface area (Å²) in [4.78, 5) is 0. The average molecular weight is 356 g/mol. The fourth-order valence-corrected chi connectivity index (χ4v) is 2.73. The smallest absolute Gasteiger partial charge is 0.124 e. The van der Waals surface area contributed by atoms with Crippen LogP contribution < -0.4 is 10.1 Å². The summed E-state index contributed by atoms with van der Waals surface area (Å²) < 4.78 is 6.93. The van der Waals surface area contributed by atoms with Gasteiger partial charge < -0.3 is 10.1 Å². The third-order valence-electron chi connectivity index (χ3n) is 4.17. The van der Waals surface area contributed by atoms with Crippen molar-refractivity contribution in [1.82, 2.24) is 5.32 Å². The van der Waals surface area contributed by atoms with Crippen molar-refractivity contribution in [3.63, 3.8) is 0 Å². The molecule has 0 amide bonds. The van der Waals surface area contributed by atoms with Crippen LogP contribution in [-0.2, 0) is 0 Å². The molecule has 0 aliphatic heterocycles. The Morgan fingerprint density at radius 3 is 2.43 bits per heavy atom. The normalized spacial score (nSPS) is 14.8. The molecule has 0 saturated carbocycles.